The molecule has 0 aliphatic carbocycles. The number of aromatic nitrogens is 2. The van der Waals surface area contributed by atoms with Crippen LogP contribution in [0.5, 0.6) is 0 Å². The fourth-order valence-electron chi connectivity index (χ4n) is 2.18. The molecule has 0 amide bonds. The third-order valence-corrected chi connectivity index (χ3v) is 3.04. The molecule has 0 bridgehead atoms. The van der Waals surface area contributed by atoms with Gasteiger partial charge in [-0.15, -0.1) is 0 Å². The van der Waals surface area contributed by atoms with Crippen molar-refractivity contribution >= 4 is 5.82 Å². The fourth-order valence-corrected chi connectivity index (χ4v) is 2.18. The summed E-state index contributed by atoms with van der Waals surface area (Å²) in [6.07, 6.45) is 3.29. The average Bonchev–Trinajstić information content (AvgIpc) is 2.70. The lowest BCUT2D eigenvalue weighted by molar-refractivity contribution is -0.136. The maximum Gasteiger partial charge on any atom is 0.293 e. The van der Waals surface area contributed by atoms with Gasteiger partial charge in [-0.2, -0.15) is 0 Å². The van der Waals surface area contributed by atoms with Gasteiger partial charge in [0.1, 0.15) is 6.10 Å². The fraction of sp³-hybridized carbons (Fsp3) is 0.714. The molecule has 1 saturated heterocycles. The summed E-state index contributed by atoms with van der Waals surface area (Å²) in [6, 6.07) is 0. The molecule has 0 radical (unpaired) electrons. The van der Waals surface area contributed by atoms with Crippen LogP contribution in [-0.2, 0) is 16.0 Å². The van der Waals surface area contributed by atoms with Crippen molar-refractivity contribution in [3.05, 3.63) is 22.7 Å². The van der Waals surface area contributed by atoms with Crippen molar-refractivity contribution < 1.29 is 9.47 Å². The predicted molar refractivity (Wildman–Crippen MR) is 76.7 cm³/mol. The van der Waals surface area contributed by atoms with E-state index in [1.54, 1.807) is 17.0 Å². The maximum atomic E-state index is 12.2. The standard InChI is InChI=1S/C14H23N3O3/c1-10(2)8-17-6-5-15-12(13(17)18)16-7-11-9-19-14(3,4)20-11/h5-6,10-11H,7-9H2,1-4H3,(H,15,16). The second kappa shape index (κ2) is 5.93. The van der Waals surface area contributed by atoms with Gasteiger partial charge in [0.05, 0.1) is 6.61 Å². The SMILES string of the molecule is CC(C)Cn1ccnc(NCC2COC(C)(C)O2)c1=O. The van der Waals surface area contributed by atoms with Crippen LogP contribution < -0.4 is 10.9 Å². The van der Waals surface area contributed by atoms with Gasteiger partial charge in [0.2, 0.25) is 0 Å². The molecular formula is C14H23N3O3. The second-order valence-electron chi connectivity index (χ2n) is 5.96. The van der Waals surface area contributed by atoms with Crippen LogP contribution in [0.15, 0.2) is 17.2 Å². The van der Waals surface area contributed by atoms with E-state index in [0.29, 0.717) is 31.4 Å². The first-order valence-corrected chi connectivity index (χ1v) is 6.98. The van der Waals surface area contributed by atoms with Gasteiger partial charge in [-0.3, -0.25) is 4.79 Å². The lowest BCUT2D eigenvalue weighted by Gasteiger charge is -2.17. The van der Waals surface area contributed by atoms with Gasteiger partial charge < -0.3 is 19.4 Å². The van der Waals surface area contributed by atoms with E-state index in [2.05, 4.69) is 24.1 Å². The summed E-state index contributed by atoms with van der Waals surface area (Å²) in [5.74, 6) is 0.227. The summed E-state index contributed by atoms with van der Waals surface area (Å²) < 4.78 is 12.8. The highest BCUT2D eigenvalue weighted by molar-refractivity contribution is 5.30. The van der Waals surface area contributed by atoms with E-state index in [1.807, 2.05) is 13.8 Å². The van der Waals surface area contributed by atoms with Gasteiger partial charge in [-0.1, -0.05) is 13.8 Å². The first-order chi connectivity index (χ1) is 9.37. The van der Waals surface area contributed by atoms with Crippen molar-refractivity contribution in [2.45, 2.75) is 46.1 Å². The molecule has 1 fully saturated rings. The van der Waals surface area contributed by atoms with Crippen molar-refractivity contribution in [3.8, 4) is 0 Å². The van der Waals surface area contributed by atoms with Crippen LogP contribution in [0.25, 0.3) is 0 Å². The summed E-state index contributed by atoms with van der Waals surface area (Å²) in [5, 5.41) is 3.06. The zero-order valence-corrected chi connectivity index (χ0v) is 12.5. The van der Waals surface area contributed by atoms with E-state index < -0.39 is 5.79 Å². The second-order valence-corrected chi connectivity index (χ2v) is 5.96. The molecule has 2 rings (SSSR count). The van der Waals surface area contributed by atoms with Gasteiger partial charge in [0, 0.05) is 25.5 Å². The molecule has 0 spiro atoms. The van der Waals surface area contributed by atoms with E-state index in [0.717, 1.165) is 0 Å². The minimum absolute atomic E-state index is 0.0649. The van der Waals surface area contributed by atoms with Crippen LogP contribution in [0.3, 0.4) is 0 Å². The van der Waals surface area contributed by atoms with Crippen LogP contribution in [0.4, 0.5) is 5.82 Å². The Morgan fingerprint density at radius 1 is 1.55 bits per heavy atom. The normalized spacial score (nSPS) is 21.4. The Morgan fingerprint density at radius 3 is 2.90 bits per heavy atom. The van der Waals surface area contributed by atoms with Crippen molar-refractivity contribution in [1.29, 1.82) is 0 Å². The van der Waals surface area contributed by atoms with Crippen molar-refractivity contribution in [2.24, 2.45) is 5.92 Å². The summed E-state index contributed by atoms with van der Waals surface area (Å²) in [4.78, 5) is 16.3. The summed E-state index contributed by atoms with van der Waals surface area (Å²) >= 11 is 0. The van der Waals surface area contributed by atoms with Crippen LogP contribution >= 0.6 is 0 Å². The zero-order chi connectivity index (χ0) is 14.8. The third kappa shape index (κ3) is 3.80. The highest BCUT2D eigenvalue weighted by atomic mass is 16.7. The minimum atomic E-state index is -0.547. The monoisotopic (exact) mass is 281 g/mol. The van der Waals surface area contributed by atoms with Crippen LogP contribution in [0.1, 0.15) is 27.7 Å². The Labute approximate surface area is 119 Å². The number of hydrogen-bond acceptors (Lipinski definition) is 5. The number of ether oxygens (including phenoxy) is 2. The molecule has 20 heavy (non-hydrogen) atoms. The van der Waals surface area contributed by atoms with Gasteiger partial charge in [-0.05, 0) is 19.8 Å². The predicted octanol–water partition coefficient (Wildman–Crippen LogP) is 1.46. The smallest absolute Gasteiger partial charge is 0.293 e. The van der Waals surface area contributed by atoms with E-state index in [1.165, 1.54) is 0 Å². The zero-order valence-electron chi connectivity index (χ0n) is 12.5. The van der Waals surface area contributed by atoms with Gasteiger partial charge in [0.15, 0.2) is 11.6 Å². The molecule has 1 aromatic heterocycles. The number of nitrogens with one attached hydrogen (secondary N) is 1. The lowest BCUT2D eigenvalue weighted by atomic mass is 10.2. The Balaban J connectivity index is 1.98. The first-order valence-electron chi connectivity index (χ1n) is 6.98. The number of anilines is 1. The van der Waals surface area contributed by atoms with Gasteiger partial charge >= 0.3 is 0 Å². The highest BCUT2D eigenvalue weighted by Crippen LogP contribution is 2.22. The molecular weight excluding hydrogens is 258 g/mol. The minimum Gasteiger partial charge on any atom is -0.363 e. The van der Waals surface area contributed by atoms with Crippen LogP contribution in [0.2, 0.25) is 0 Å². The Kier molecular flexibility index (Phi) is 4.45. The van der Waals surface area contributed by atoms with E-state index in [4.69, 9.17) is 9.47 Å². The highest BCUT2D eigenvalue weighted by Gasteiger charge is 2.32. The van der Waals surface area contributed by atoms with Crippen molar-refractivity contribution in [1.82, 2.24) is 9.55 Å². The van der Waals surface area contributed by atoms with E-state index >= 15 is 0 Å². The van der Waals surface area contributed by atoms with Crippen LogP contribution in [0, 0.1) is 5.92 Å². The van der Waals surface area contributed by atoms with Crippen molar-refractivity contribution in [2.75, 3.05) is 18.5 Å². The number of nitrogens with zero attached hydrogens (tertiary/aromatic N) is 2. The maximum absolute atomic E-state index is 12.2. The van der Waals surface area contributed by atoms with Crippen LogP contribution in [-0.4, -0.2) is 34.6 Å². The summed E-state index contributed by atoms with van der Waals surface area (Å²) in [6.45, 7) is 9.63. The quantitative estimate of drug-likeness (QED) is 0.885. The number of hydrogen-bond donors (Lipinski definition) is 1. The average molecular weight is 281 g/mol. The molecule has 1 unspecified atom stereocenters. The molecule has 6 heteroatoms. The van der Waals surface area contributed by atoms with Gasteiger partial charge in [-0.25, -0.2) is 4.98 Å². The lowest BCUT2D eigenvalue weighted by Crippen LogP contribution is -2.30. The molecule has 1 N–H and O–H groups in total. The molecule has 1 aliphatic rings. The molecule has 0 aromatic carbocycles. The van der Waals surface area contributed by atoms with E-state index in [9.17, 15) is 4.79 Å². The molecule has 2 heterocycles. The van der Waals surface area contributed by atoms with Crippen molar-refractivity contribution in [3.63, 3.8) is 0 Å². The largest absolute Gasteiger partial charge is 0.363 e. The Hall–Kier alpha value is -1.40. The molecule has 1 aliphatic heterocycles. The molecule has 112 valence electrons. The summed E-state index contributed by atoms with van der Waals surface area (Å²) in [7, 11) is 0. The molecule has 0 saturated carbocycles. The third-order valence-electron chi connectivity index (χ3n) is 3.04. The molecule has 1 atom stereocenters. The topological polar surface area (TPSA) is 65.4 Å². The Bertz CT molecular complexity index is 511. The van der Waals surface area contributed by atoms with E-state index in [-0.39, 0.29) is 11.7 Å². The molecule has 6 nitrogen and oxygen atoms in total. The molecule has 1 aromatic rings. The Morgan fingerprint density at radius 2 is 2.30 bits per heavy atom. The number of rotatable bonds is 5. The summed E-state index contributed by atoms with van der Waals surface area (Å²) in [5.41, 5.74) is -0.0978. The first kappa shape index (κ1) is 15.0. The van der Waals surface area contributed by atoms with Gasteiger partial charge in [0.25, 0.3) is 5.56 Å².